The van der Waals surface area contributed by atoms with E-state index in [9.17, 15) is 0 Å². The van der Waals surface area contributed by atoms with E-state index in [0.29, 0.717) is 0 Å². The van der Waals surface area contributed by atoms with Gasteiger partial charge in [0, 0.05) is 44.6 Å². The molecule has 95 heavy (non-hydrogen) atoms. The summed E-state index contributed by atoms with van der Waals surface area (Å²) in [6, 6.07) is 122. The summed E-state index contributed by atoms with van der Waals surface area (Å²) < 4.78 is 2.37. The van der Waals surface area contributed by atoms with Crippen molar-refractivity contribution < 1.29 is 0 Å². The van der Waals surface area contributed by atoms with Crippen molar-refractivity contribution in [2.75, 3.05) is 9.80 Å². The molecule has 2 heterocycles. The maximum Gasteiger partial charge on any atom is 0.124 e. The maximum atomic E-state index is 5.10. The molecule has 0 aliphatic heterocycles. The largest absolute Gasteiger partial charge is 0.310 e. The predicted molar refractivity (Wildman–Crippen MR) is 403 cm³/mol. The van der Waals surface area contributed by atoms with Crippen LogP contribution in [0.3, 0.4) is 0 Å². The van der Waals surface area contributed by atoms with Crippen LogP contribution in [-0.4, -0.2) is 9.97 Å². The van der Waals surface area contributed by atoms with Crippen LogP contribution in [0.5, 0.6) is 0 Å². The number of nitrogens with zero attached hydrogens (tertiary/aromatic N) is 4. The van der Waals surface area contributed by atoms with Crippen LogP contribution in [0, 0.1) is 0 Å². The number of fused-ring (bicyclic) bond motifs is 5. The highest BCUT2D eigenvalue weighted by Gasteiger charge is 2.47. The Bertz CT molecular complexity index is 6110. The topological polar surface area (TPSA) is 32.3 Å². The summed E-state index contributed by atoms with van der Waals surface area (Å²) in [4.78, 5) is 15.1. The van der Waals surface area contributed by atoms with Crippen molar-refractivity contribution in [3.8, 4) is 43.4 Å². The van der Waals surface area contributed by atoms with Gasteiger partial charge in [0.1, 0.15) is 10.0 Å². The van der Waals surface area contributed by atoms with E-state index >= 15 is 0 Å². The average molecular weight is 1240 g/mol. The van der Waals surface area contributed by atoms with Crippen molar-refractivity contribution in [2.45, 2.75) is 5.41 Å². The molecular weight excluding hydrogens is 1190 g/mol. The number of hydrogen-bond donors (Lipinski definition) is 0. The fraction of sp³-hybridized carbons (Fsp3) is 0.0112. The van der Waals surface area contributed by atoms with Crippen molar-refractivity contribution in [3.63, 3.8) is 0 Å². The molecule has 0 saturated heterocycles. The fourth-order valence-corrected chi connectivity index (χ4v) is 17.7. The van der Waals surface area contributed by atoms with Gasteiger partial charge in [-0.15, -0.1) is 22.7 Å². The molecule has 19 aromatic rings. The van der Waals surface area contributed by atoms with Gasteiger partial charge in [-0.2, -0.15) is 0 Å². The number of aromatic nitrogens is 2. The third kappa shape index (κ3) is 8.31. The van der Waals surface area contributed by atoms with Crippen molar-refractivity contribution in [1.29, 1.82) is 0 Å². The molecule has 0 radical (unpaired) electrons. The normalized spacial score (nSPS) is 12.7. The second-order valence-corrected chi connectivity index (χ2v) is 27.2. The number of anilines is 6. The Balaban J connectivity index is 0.751. The lowest BCUT2D eigenvalue weighted by atomic mass is 9.67. The van der Waals surface area contributed by atoms with Crippen molar-refractivity contribution in [3.05, 3.63) is 350 Å². The molecule has 0 atom stereocenters. The molecule has 0 fully saturated rings. The van der Waals surface area contributed by atoms with E-state index < -0.39 is 5.41 Å². The highest BCUT2D eigenvalue weighted by Crippen LogP contribution is 2.59. The van der Waals surface area contributed by atoms with Gasteiger partial charge in [0.2, 0.25) is 0 Å². The molecule has 0 saturated carbocycles. The number of rotatable bonds is 11. The molecule has 442 valence electrons. The molecule has 0 unspecified atom stereocenters. The Morgan fingerprint density at radius 1 is 0.263 bits per heavy atom. The molecule has 0 bridgehead atoms. The molecule has 0 spiro atoms. The Morgan fingerprint density at radius 2 is 0.642 bits per heavy atom. The summed E-state index contributed by atoms with van der Waals surface area (Å²) in [6.45, 7) is 0. The third-order valence-electron chi connectivity index (χ3n) is 20.0. The van der Waals surface area contributed by atoms with Gasteiger partial charge in [-0.25, -0.2) is 9.97 Å². The van der Waals surface area contributed by atoms with Gasteiger partial charge in [0.25, 0.3) is 0 Å². The van der Waals surface area contributed by atoms with Gasteiger partial charge in [-0.05, 0) is 214 Å². The van der Waals surface area contributed by atoms with Gasteiger partial charge in [0.05, 0.1) is 37.2 Å². The zero-order valence-corrected chi connectivity index (χ0v) is 52.9. The lowest BCUT2D eigenvalue weighted by Gasteiger charge is -2.35. The number of hydrogen-bond acceptors (Lipinski definition) is 6. The van der Waals surface area contributed by atoms with Crippen LogP contribution < -0.4 is 9.80 Å². The van der Waals surface area contributed by atoms with E-state index in [1.807, 2.05) is 0 Å². The Hall–Kier alpha value is -11.8. The lowest BCUT2D eigenvalue weighted by molar-refractivity contribution is 0.768. The summed E-state index contributed by atoms with van der Waals surface area (Å²) in [6.07, 6.45) is 0. The highest BCUT2D eigenvalue weighted by molar-refractivity contribution is 7.22. The van der Waals surface area contributed by atoms with Gasteiger partial charge in [-0.1, -0.05) is 212 Å². The van der Waals surface area contributed by atoms with E-state index in [1.165, 1.54) is 107 Å². The molecule has 17 aromatic carbocycles. The van der Waals surface area contributed by atoms with Crippen LogP contribution in [0.4, 0.5) is 34.1 Å². The molecule has 4 nitrogen and oxygen atoms in total. The van der Waals surface area contributed by atoms with Crippen LogP contribution in [0.2, 0.25) is 0 Å². The minimum Gasteiger partial charge on any atom is -0.310 e. The van der Waals surface area contributed by atoms with E-state index in [4.69, 9.17) is 9.97 Å². The molecular formula is C89H54N4S2. The zero-order chi connectivity index (χ0) is 62.3. The minimum atomic E-state index is -0.706. The minimum absolute atomic E-state index is 0.706. The monoisotopic (exact) mass is 1240 g/mol. The average Bonchev–Trinajstić information content (AvgIpc) is 1.21. The summed E-state index contributed by atoms with van der Waals surface area (Å²) in [5, 5.41) is 17.0. The van der Waals surface area contributed by atoms with Crippen LogP contribution in [0.25, 0.3) is 128 Å². The molecule has 0 N–H and O–H groups in total. The van der Waals surface area contributed by atoms with Crippen LogP contribution in [0.1, 0.15) is 22.3 Å². The predicted octanol–water partition coefficient (Wildman–Crippen LogP) is 25.0. The standard InChI is InChI=1S/C89H54N4S2/c1-3-21-65(22-4-1)89(66-23-5-2-6-24-66)75-51-62(55-35-42-67(43-36-55)92(68-44-37-60(38-45-68)87-90-77-27-7-9-29-81(77)94-87)79-52-63-19-11-15-56-31-33-58-17-13-25-73(79)85(58)83(56)63)41-49-71(75)72-50-48-70(54-76(72)89)93(69-46-39-61(40-47-69)88-91-78-28-8-10-30-82(78)95-88)80-53-64-20-12-16-57-32-34-59-18-14-26-74(80)86(59)84(57)64/h1-54H. The second kappa shape index (κ2) is 21.1. The van der Waals surface area contributed by atoms with Gasteiger partial charge >= 0.3 is 0 Å². The SMILES string of the molecule is c1ccc(C2(c3ccccc3)c3cc(-c4ccc(N(c5ccc(-c6nc7ccccc7s6)cc5)c5cc6cccc7ccc8cccc5c8c76)cc4)ccc3-c3ccc(N(c4ccc(-c5nc6ccccc6s5)cc4)c4cc5cccc6ccc7cccc4c7c65)cc32)cc1. The number of para-hydroxylation sites is 2. The molecule has 6 heteroatoms. The third-order valence-corrected chi connectivity index (χ3v) is 22.2. The molecule has 1 aliphatic carbocycles. The highest BCUT2D eigenvalue weighted by atomic mass is 32.1. The van der Waals surface area contributed by atoms with E-state index in [1.54, 1.807) is 22.7 Å². The second-order valence-electron chi connectivity index (χ2n) is 25.1. The Kier molecular flexibility index (Phi) is 12.0. The van der Waals surface area contributed by atoms with Crippen LogP contribution >= 0.6 is 22.7 Å². The van der Waals surface area contributed by atoms with E-state index in [-0.39, 0.29) is 0 Å². The Morgan fingerprint density at radius 3 is 1.13 bits per heavy atom. The smallest absolute Gasteiger partial charge is 0.124 e. The lowest BCUT2D eigenvalue weighted by Crippen LogP contribution is -2.28. The number of thiazole rings is 2. The molecule has 20 rings (SSSR count). The first-order valence-electron chi connectivity index (χ1n) is 32.4. The van der Waals surface area contributed by atoms with Crippen molar-refractivity contribution in [2.24, 2.45) is 0 Å². The first-order valence-corrected chi connectivity index (χ1v) is 34.1. The van der Waals surface area contributed by atoms with Crippen LogP contribution in [-0.2, 0) is 5.41 Å². The summed E-state index contributed by atoms with van der Waals surface area (Å²) >= 11 is 3.48. The van der Waals surface area contributed by atoms with E-state index in [2.05, 4.69) is 337 Å². The summed E-state index contributed by atoms with van der Waals surface area (Å²) in [5.74, 6) is 0. The van der Waals surface area contributed by atoms with E-state index in [0.717, 1.165) is 77.4 Å². The number of benzene rings is 17. The summed E-state index contributed by atoms with van der Waals surface area (Å²) in [7, 11) is 0. The van der Waals surface area contributed by atoms with Gasteiger partial charge in [-0.3, -0.25) is 0 Å². The first kappa shape index (κ1) is 53.8. The molecule has 1 aliphatic rings. The Labute approximate surface area is 556 Å². The first-order chi connectivity index (χ1) is 47.1. The van der Waals surface area contributed by atoms with Crippen LogP contribution in [0.15, 0.2) is 328 Å². The van der Waals surface area contributed by atoms with Gasteiger partial charge in [0.15, 0.2) is 0 Å². The summed E-state index contributed by atoms with van der Waals surface area (Å²) in [5.41, 5.74) is 19.7. The molecule has 0 amide bonds. The van der Waals surface area contributed by atoms with Crippen molar-refractivity contribution in [1.82, 2.24) is 9.97 Å². The maximum absolute atomic E-state index is 5.10. The van der Waals surface area contributed by atoms with Crippen molar-refractivity contribution >= 4 is 142 Å². The van der Waals surface area contributed by atoms with Gasteiger partial charge < -0.3 is 9.80 Å². The molecule has 2 aromatic heterocycles. The zero-order valence-electron chi connectivity index (χ0n) is 51.3. The quantitative estimate of drug-likeness (QED) is 0.121. The fourth-order valence-electron chi connectivity index (χ4n) is 15.8.